The Balaban J connectivity index is 0.848. The van der Waals surface area contributed by atoms with E-state index in [2.05, 4.69) is 224 Å². The first-order valence-corrected chi connectivity index (χ1v) is 43.0. The van der Waals surface area contributed by atoms with E-state index in [1.165, 1.54) is 143 Å². The van der Waals surface area contributed by atoms with E-state index < -0.39 is 20.1 Å². The average molecular weight is 1440 g/mol. The second kappa shape index (κ2) is 23.3. The normalized spacial score (nSPS) is 12.6. The first-order valence-electron chi connectivity index (χ1n) is 27.6. The van der Waals surface area contributed by atoms with Crippen LogP contribution in [0, 0.1) is 41.5 Å². The highest BCUT2D eigenvalue weighted by molar-refractivity contribution is 8.38. The van der Waals surface area contributed by atoms with Gasteiger partial charge >= 0.3 is 0 Å². The largest absolute Gasteiger partial charge is 0.172 e. The topological polar surface area (TPSA) is 25.8 Å². The Hall–Kier alpha value is -4.46. The van der Waals surface area contributed by atoms with Crippen LogP contribution in [-0.2, 0) is 0 Å². The maximum atomic E-state index is 5.21. The number of thiophene rings is 14. The van der Waals surface area contributed by atoms with E-state index in [1.807, 2.05) is 159 Å². The third-order valence-corrected chi connectivity index (χ3v) is 43.6. The van der Waals surface area contributed by atoms with Crippen molar-refractivity contribution in [3.05, 3.63) is 211 Å². The summed E-state index contributed by atoms with van der Waals surface area (Å²) in [5.74, 6) is 0. The quantitative estimate of drug-likeness (QED) is 0.0963. The second-order valence-electron chi connectivity index (χ2n) is 20.8. The first kappa shape index (κ1) is 57.7. The van der Waals surface area contributed by atoms with Gasteiger partial charge in [-0.05, 0) is 211 Å². The molecule has 0 fully saturated rings. The van der Waals surface area contributed by atoms with Gasteiger partial charge in [-0.25, -0.2) is 0 Å². The highest BCUT2D eigenvalue weighted by Crippen LogP contribution is 2.81. The smallest absolute Gasteiger partial charge is 0.114 e. The number of benzene rings is 1. The predicted octanol–water partition coefficient (Wildman–Crippen LogP) is 28.4. The molecule has 0 N–H and O–H groups in total. The Bertz CT molecular complexity index is 4450. The zero-order valence-corrected chi connectivity index (χ0v) is 61.0. The van der Waals surface area contributed by atoms with Crippen LogP contribution in [0.2, 0.25) is 0 Å². The SMILES string of the molecule is Cc1ccc(-c2ccc(S(c3ccc(-c4ccc(C)s4)s3)(c3ccc(-c4ccc(C)s4)s3)c3ccc(-c4ccc(-c5ccc(S(c6ccc(-c7ccc(C)s7)s6)(c6ccc(-c7ccc(C)s7)s6)c6ccc(-c7ccc(C)s7)s6)s5)c5nsnc45)s3)s2)s1. The highest BCUT2D eigenvalue weighted by Gasteiger charge is 2.42. The number of rotatable bonds is 16. The summed E-state index contributed by atoms with van der Waals surface area (Å²) in [6, 6.07) is 70.8. The van der Waals surface area contributed by atoms with E-state index in [4.69, 9.17) is 8.75 Å². The van der Waals surface area contributed by atoms with Crippen molar-refractivity contribution >= 4 is 202 Å². The summed E-state index contributed by atoms with van der Waals surface area (Å²) in [4.78, 5) is 26.3. The van der Waals surface area contributed by atoms with E-state index in [9.17, 15) is 0 Å². The third-order valence-electron chi connectivity index (χ3n) is 14.9. The van der Waals surface area contributed by atoms with Crippen LogP contribution < -0.4 is 0 Å². The molecule has 0 aliphatic heterocycles. The van der Waals surface area contributed by atoms with Crippen molar-refractivity contribution in [2.45, 2.75) is 75.2 Å². The molecule has 0 saturated carbocycles. The van der Waals surface area contributed by atoms with E-state index >= 15 is 0 Å². The third kappa shape index (κ3) is 10.2. The Morgan fingerprint density at radius 1 is 0.195 bits per heavy atom. The van der Waals surface area contributed by atoms with Gasteiger partial charge in [0.15, 0.2) is 0 Å². The zero-order chi connectivity index (χ0) is 58.7. The highest BCUT2D eigenvalue weighted by atomic mass is 32.3. The summed E-state index contributed by atoms with van der Waals surface area (Å²) in [6.45, 7) is 13.3. The molecule has 15 heterocycles. The van der Waals surface area contributed by atoms with Gasteiger partial charge in [0, 0.05) is 109 Å². The summed E-state index contributed by atoms with van der Waals surface area (Å²) in [5.41, 5.74) is 4.18. The van der Waals surface area contributed by atoms with Gasteiger partial charge in [-0.3, -0.25) is 0 Å². The summed E-state index contributed by atoms with van der Waals surface area (Å²) in [5, 5.41) is 0. The number of nitrogens with zero attached hydrogens (tertiary/aromatic N) is 2. The number of hydrogen-bond acceptors (Lipinski definition) is 17. The lowest BCUT2D eigenvalue weighted by Gasteiger charge is -2.36. The molecular weight excluding hydrogens is 1390 g/mol. The van der Waals surface area contributed by atoms with Gasteiger partial charge in [-0.2, -0.15) is 8.75 Å². The summed E-state index contributed by atoms with van der Waals surface area (Å²) >= 11 is 28.4. The van der Waals surface area contributed by atoms with Crippen LogP contribution in [0.5, 0.6) is 0 Å². The molecule has 2 nitrogen and oxygen atoms in total. The monoisotopic (exact) mass is 1440 g/mol. The van der Waals surface area contributed by atoms with Gasteiger partial charge in [-0.15, -0.1) is 159 Å². The number of fused-ring (bicyclic) bond motifs is 1. The minimum atomic E-state index is -1.99. The predicted molar refractivity (Wildman–Crippen MR) is 400 cm³/mol. The second-order valence-corrected chi connectivity index (χ2v) is 45.7. The van der Waals surface area contributed by atoms with Crippen molar-refractivity contribution in [3.8, 4) is 79.4 Å². The minimum Gasteiger partial charge on any atom is -0.172 e. The molecule has 87 heavy (non-hydrogen) atoms. The standard InChI is InChI=1S/C68H48N2S17/c1-37-7-15-47(71-37)53-23-31-61(79-53)86(62-32-24-54(80-62)48-16-8-38(2)72-48,63-33-25-55(81-63)49-17-9-39(3)73-49)59-29-21-45(77-59)43-13-14-44(68-67(43)69-85-70-68)46-22-30-60(78-46)87(64-34-26-56(82-64)50-18-10-40(4)74-50,65-35-27-57(83-65)51-19-11-41(5)75-51)66-36-28-58(84-66)52-20-12-42(6)76-52/h7-36H,1-6H3. The molecule has 0 unspecified atom stereocenters. The molecule has 1 aromatic carbocycles. The molecule has 0 atom stereocenters. The van der Waals surface area contributed by atoms with Crippen LogP contribution in [0.4, 0.5) is 0 Å². The van der Waals surface area contributed by atoms with E-state index in [0.717, 1.165) is 22.2 Å². The lowest BCUT2D eigenvalue weighted by Crippen LogP contribution is -1.97. The van der Waals surface area contributed by atoms with Crippen molar-refractivity contribution in [3.63, 3.8) is 0 Å². The lowest BCUT2D eigenvalue weighted by molar-refractivity contribution is 1.46. The zero-order valence-electron chi connectivity index (χ0n) is 47.2. The molecule has 432 valence electrons. The van der Waals surface area contributed by atoms with Crippen LogP contribution in [0.1, 0.15) is 29.3 Å². The van der Waals surface area contributed by atoms with E-state index in [-0.39, 0.29) is 0 Å². The van der Waals surface area contributed by atoms with Crippen LogP contribution in [0.15, 0.2) is 216 Å². The van der Waals surface area contributed by atoms with Gasteiger partial charge in [0.2, 0.25) is 0 Å². The fourth-order valence-corrected chi connectivity index (χ4v) is 42.2. The Morgan fingerprint density at radius 2 is 0.368 bits per heavy atom. The van der Waals surface area contributed by atoms with Gasteiger partial charge in [0.05, 0.1) is 45.4 Å². The van der Waals surface area contributed by atoms with Crippen LogP contribution in [0.3, 0.4) is 0 Å². The fraction of sp³-hybridized carbons (Fsp3) is 0.0882. The molecule has 16 aromatic rings. The van der Waals surface area contributed by atoms with Crippen LogP contribution >= 0.6 is 190 Å². The summed E-state index contributed by atoms with van der Waals surface area (Å²) in [6.07, 6.45) is 0. The molecule has 0 radical (unpaired) electrons. The summed E-state index contributed by atoms with van der Waals surface area (Å²) < 4.78 is 21.6. The minimum absolute atomic E-state index is 0.960. The van der Waals surface area contributed by atoms with Crippen LogP contribution in [0.25, 0.3) is 90.4 Å². The molecule has 0 bridgehead atoms. The maximum Gasteiger partial charge on any atom is 0.114 e. The average Bonchev–Trinajstić information content (AvgIpc) is 1.66. The maximum absolute atomic E-state index is 5.21. The Morgan fingerprint density at radius 3 is 0.563 bits per heavy atom. The van der Waals surface area contributed by atoms with Gasteiger partial charge in [0.25, 0.3) is 0 Å². The molecule has 16 rings (SSSR count). The molecule has 0 saturated heterocycles. The molecule has 0 aliphatic carbocycles. The molecular formula is C68H48N2S17. The van der Waals surface area contributed by atoms with E-state index in [0.29, 0.717) is 0 Å². The van der Waals surface area contributed by atoms with Gasteiger partial charge < -0.3 is 0 Å². The van der Waals surface area contributed by atoms with Crippen molar-refractivity contribution in [2.24, 2.45) is 0 Å². The Labute approximate surface area is 569 Å². The van der Waals surface area contributed by atoms with Crippen molar-refractivity contribution in [1.29, 1.82) is 0 Å². The molecule has 0 amide bonds. The van der Waals surface area contributed by atoms with Crippen molar-refractivity contribution in [1.82, 2.24) is 8.75 Å². The number of hydrogen-bond donors (Lipinski definition) is 0. The van der Waals surface area contributed by atoms with Crippen molar-refractivity contribution in [2.75, 3.05) is 0 Å². The van der Waals surface area contributed by atoms with Crippen LogP contribution in [-0.4, -0.2) is 8.75 Å². The molecule has 0 spiro atoms. The molecule has 15 aromatic heterocycles. The number of aryl methyl sites for hydroxylation is 6. The lowest BCUT2D eigenvalue weighted by atomic mass is 10.1. The van der Waals surface area contributed by atoms with Crippen molar-refractivity contribution < 1.29 is 0 Å². The number of aromatic nitrogens is 2. The summed E-state index contributed by atoms with van der Waals surface area (Å²) in [7, 11) is -3.98. The van der Waals surface area contributed by atoms with Gasteiger partial charge in [-0.1, -0.05) is 32.2 Å². The molecule has 0 aliphatic rings. The van der Waals surface area contributed by atoms with E-state index in [1.54, 1.807) is 0 Å². The van der Waals surface area contributed by atoms with Gasteiger partial charge in [0.1, 0.15) is 11.0 Å². The molecule has 19 heteroatoms. The Kier molecular flexibility index (Phi) is 15.5. The fourth-order valence-electron chi connectivity index (χ4n) is 10.8. The first-order chi connectivity index (χ1) is 42.4.